The van der Waals surface area contributed by atoms with Crippen molar-refractivity contribution in [1.29, 1.82) is 0 Å². The third-order valence-electron chi connectivity index (χ3n) is 4.88. The summed E-state index contributed by atoms with van der Waals surface area (Å²) in [5.41, 5.74) is 0.441. The molecule has 7 heteroatoms. The predicted molar refractivity (Wildman–Crippen MR) is 98.1 cm³/mol. The molecule has 0 radical (unpaired) electrons. The number of hydrogen-bond donors (Lipinski definition) is 1. The molecule has 2 aliphatic heterocycles. The molecule has 1 amide bonds. The fourth-order valence-corrected chi connectivity index (χ4v) is 4.32. The number of benzene rings is 1. The van der Waals surface area contributed by atoms with E-state index >= 15 is 0 Å². The number of carbonyl (C=O) groups is 2. The molecule has 2 aromatic rings. The van der Waals surface area contributed by atoms with Gasteiger partial charge in [-0.3, -0.25) is 9.59 Å². The molecule has 2 aliphatic rings. The van der Waals surface area contributed by atoms with Crippen molar-refractivity contribution in [2.45, 2.75) is 25.0 Å². The first kappa shape index (κ1) is 17.9. The van der Waals surface area contributed by atoms with Crippen molar-refractivity contribution in [2.75, 3.05) is 13.2 Å². The Balaban J connectivity index is 1.76. The summed E-state index contributed by atoms with van der Waals surface area (Å²) in [6, 6.07) is 8.31. The Labute approximate surface area is 159 Å². The summed E-state index contributed by atoms with van der Waals surface area (Å²) in [6.07, 6.45) is 1.54. The molecule has 3 heterocycles. The lowest BCUT2D eigenvalue weighted by Crippen LogP contribution is -2.37. The minimum absolute atomic E-state index is 0.00829. The van der Waals surface area contributed by atoms with Gasteiger partial charge in [0.25, 0.3) is 5.91 Å². The van der Waals surface area contributed by atoms with Crippen LogP contribution in [0.15, 0.2) is 53.1 Å². The Bertz CT molecular complexity index is 902. The highest BCUT2D eigenvalue weighted by Gasteiger charge is 2.45. The molecule has 4 rings (SSSR count). The second-order valence-corrected chi connectivity index (χ2v) is 7.57. The maximum absolute atomic E-state index is 13.9. The van der Waals surface area contributed by atoms with Gasteiger partial charge >= 0.3 is 0 Å². The standard InChI is InChI=1S/C20H18FNO4S/c21-13-5-1-4-12(10-13)17-16(18(23)15-7-3-9-27-15)19(24)20(25)22(17)11-14-6-2-8-26-14/h1,3-5,7,9-10,14,17,24H,2,6,8,11H2/t14-,17-/m0/s1. The number of rotatable bonds is 5. The number of halogens is 1. The van der Waals surface area contributed by atoms with E-state index in [2.05, 4.69) is 0 Å². The number of Topliss-reactive ketones (excluding diaryl/α,β-unsaturated/α-hetero) is 1. The summed E-state index contributed by atoms with van der Waals surface area (Å²) >= 11 is 1.23. The lowest BCUT2D eigenvalue weighted by Gasteiger charge is -2.28. The first-order valence-corrected chi connectivity index (χ1v) is 9.63. The fraction of sp³-hybridized carbons (Fsp3) is 0.300. The van der Waals surface area contributed by atoms with E-state index in [0.717, 1.165) is 12.8 Å². The molecule has 2 atom stereocenters. The van der Waals surface area contributed by atoms with Crippen LogP contribution in [0, 0.1) is 5.82 Å². The molecule has 1 saturated heterocycles. The average Bonchev–Trinajstić information content (AvgIpc) is 3.40. The van der Waals surface area contributed by atoms with Gasteiger partial charge in [0.15, 0.2) is 5.76 Å². The molecule has 5 nitrogen and oxygen atoms in total. The summed E-state index contributed by atoms with van der Waals surface area (Å²) in [5.74, 6) is -2.08. The molecule has 0 saturated carbocycles. The molecule has 1 aromatic carbocycles. The molecule has 27 heavy (non-hydrogen) atoms. The fourth-order valence-electron chi connectivity index (χ4n) is 3.65. The van der Waals surface area contributed by atoms with Crippen molar-refractivity contribution in [2.24, 2.45) is 0 Å². The van der Waals surface area contributed by atoms with Crippen LogP contribution in [0.2, 0.25) is 0 Å². The van der Waals surface area contributed by atoms with Gasteiger partial charge in [-0.25, -0.2) is 4.39 Å². The summed E-state index contributed by atoms with van der Waals surface area (Å²) in [7, 11) is 0. The summed E-state index contributed by atoms with van der Waals surface area (Å²) in [6.45, 7) is 0.864. The van der Waals surface area contributed by atoms with Crippen LogP contribution in [0.5, 0.6) is 0 Å². The quantitative estimate of drug-likeness (QED) is 0.796. The van der Waals surface area contributed by atoms with Gasteiger partial charge in [-0.2, -0.15) is 0 Å². The lowest BCUT2D eigenvalue weighted by atomic mass is 9.95. The summed E-state index contributed by atoms with van der Waals surface area (Å²) in [4.78, 5) is 27.6. The van der Waals surface area contributed by atoms with Crippen LogP contribution in [0.1, 0.15) is 34.1 Å². The third-order valence-corrected chi connectivity index (χ3v) is 5.75. The van der Waals surface area contributed by atoms with Crippen molar-refractivity contribution in [3.05, 3.63) is 69.4 Å². The number of carbonyl (C=O) groups excluding carboxylic acids is 2. The number of ether oxygens (including phenoxy) is 1. The van der Waals surface area contributed by atoms with Crippen molar-refractivity contribution < 1.29 is 23.8 Å². The maximum atomic E-state index is 13.9. The summed E-state index contributed by atoms with van der Waals surface area (Å²) < 4.78 is 19.5. The number of amides is 1. The molecule has 140 valence electrons. The normalized spacial score (nSPS) is 22.7. The Hall–Kier alpha value is -2.51. The van der Waals surface area contributed by atoms with Crippen molar-refractivity contribution in [1.82, 2.24) is 4.90 Å². The van der Waals surface area contributed by atoms with E-state index in [1.807, 2.05) is 0 Å². The second kappa shape index (κ2) is 7.25. The first-order valence-electron chi connectivity index (χ1n) is 8.75. The Morgan fingerprint density at radius 3 is 2.85 bits per heavy atom. The van der Waals surface area contributed by atoms with E-state index in [0.29, 0.717) is 17.0 Å². The SMILES string of the molecule is O=C(C1=C(O)C(=O)N(C[C@@H]2CCCO2)[C@H]1c1cccc(F)c1)c1cccs1. The van der Waals surface area contributed by atoms with E-state index in [9.17, 15) is 19.1 Å². The van der Waals surface area contributed by atoms with E-state index in [-0.39, 0.29) is 18.2 Å². The largest absolute Gasteiger partial charge is 0.503 e. The average molecular weight is 387 g/mol. The molecular weight excluding hydrogens is 369 g/mol. The highest BCUT2D eigenvalue weighted by molar-refractivity contribution is 7.12. The molecule has 0 spiro atoms. The van der Waals surface area contributed by atoms with Crippen LogP contribution >= 0.6 is 11.3 Å². The molecule has 1 aromatic heterocycles. The van der Waals surface area contributed by atoms with E-state index in [1.165, 1.54) is 34.4 Å². The van der Waals surface area contributed by atoms with Gasteiger partial charge in [0.2, 0.25) is 5.78 Å². The van der Waals surface area contributed by atoms with Crippen molar-refractivity contribution in [3.8, 4) is 0 Å². The number of aliphatic hydroxyl groups excluding tert-OH is 1. The number of thiophene rings is 1. The van der Waals surface area contributed by atoms with Gasteiger partial charge in [-0.15, -0.1) is 11.3 Å². The van der Waals surface area contributed by atoms with Gasteiger partial charge in [0.1, 0.15) is 5.82 Å². The number of aliphatic hydroxyl groups is 1. The minimum atomic E-state index is -0.841. The van der Waals surface area contributed by atoms with Gasteiger partial charge in [-0.1, -0.05) is 18.2 Å². The number of nitrogens with zero attached hydrogens (tertiary/aromatic N) is 1. The Morgan fingerprint density at radius 2 is 2.19 bits per heavy atom. The molecular formula is C20H18FNO4S. The minimum Gasteiger partial charge on any atom is -0.503 e. The van der Waals surface area contributed by atoms with Crippen LogP contribution in [0.4, 0.5) is 4.39 Å². The van der Waals surface area contributed by atoms with Crippen LogP contribution < -0.4 is 0 Å². The number of ketones is 1. The van der Waals surface area contributed by atoms with Gasteiger partial charge in [0.05, 0.1) is 22.6 Å². The first-order chi connectivity index (χ1) is 13.1. The highest BCUT2D eigenvalue weighted by Crippen LogP contribution is 2.40. The zero-order chi connectivity index (χ0) is 19.0. The molecule has 1 N–H and O–H groups in total. The summed E-state index contributed by atoms with van der Waals surface area (Å²) in [5, 5.41) is 12.3. The van der Waals surface area contributed by atoms with Crippen molar-refractivity contribution >= 4 is 23.0 Å². The smallest absolute Gasteiger partial charge is 0.290 e. The van der Waals surface area contributed by atoms with Crippen LogP contribution in [0.25, 0.3) is 0 Å². The van der Waals surface area contributed by atoms with Gasteiger partial charge in [-0.05, 0) is 42.0 Å². The Kier molecular flexibility index (Phi) is 4.80. The molecule has 1 fully saturated rings. The second-order valence-electron chi connectivity index (χ2n) is 6.62. The molecule has 0 bridgehead atoms. The predicted octanol–water partition coefficient (Wildman–Crippen LogP) is 3.64. The monoisotopic (exact) mass is 387 g/mol. The molecule has 0 unspecified atom stereocenters. The topological polar surface area (TPSA) is 66.8 Å². The molecule has 0 aliphatic carbocycles. The number of hydrogen-bond acceptors (Lipinski definition) is 5. The van der Waals surface area contributed by atoms with Gasteiger partial charge in [0, 0.05) is 13.2 Å². The van der Waals surface area contributed by atoms with Crippen LogP contribution in [-0.4, -0.2) is 41.0 Å². The van der Waals surface area contributed by atoms with E-state index in [1.54, 1.807) is 23.6 Å². The lowest BCUT2D eigenvalue weighted by molar-refractivity contribution is -0.131. The Morgan fingerprint density at radius 1 is 1.33 bits per heavy atom. The highest BCUT2D eigenvalue weighted by atomic mass is 32.1. The van der Waals surface area contributed by atoms with Gasteiger partial charge < -0.3 is 14.7 Å². The zero-order valence-corrected chi connectivity index (χ0v) is 15.2. The van der Waals surface area contributed by atoms with Crippen LogP contribution in [0.3, 0.4) is 0 Å². The van der Waals surface area contributed by atoms with Crippen molar-refractivity contribution in [3.63, 3.8) is 0 Å². The van der Waals surface area contributed by atoms with Crippen LogP contribution in [-0.2, 0) is 9.53 Å². The van der Waals surface area contributed by atoms with E-state index < -0.39 is 29.3 Å². The van der Waals surface area contributed by atoms with E-state index in [4.69, 9.17) is 4.74 Å². The zero-order valence-electron chi connectivity index (χ0n) is 14.4. The maximum Gasteiger partial charge on any atom is 0.290 e. The third kappa shape index (κ3) is 3.28.